The van der Waals surface area contributed by atoms with Crippen molar-refractivity contribution in [3.05, 3.63) is 94.5 Å². The number of carbonyl (C=O) groups excluding carboxylic acids is 2. The number of carbonyl (C=O) groups is 3. The van der Waals surface area contributed by atoms with Gasteiger partial charge in [0.1, 0.15) is 0 Å². The van der Waals surface area contributed by atoms with E-state index in [2.05, 4.69) is 0 Å². The molecule has 9 heteroatoms. The van der Waals surface area contributed by atoms with E-state index in [1.54, 1.807) is 36.4 Å². The number of aryl methyl sites for hydroxylation is 1. The van der Waals surface area contributed by atoms with Crippen molar-refractivity contribution in [2.24, 2.45) is 5.92 Å². The number of benzene rings is 3. The van der Waals surface area contributed by atoms with E-state index in [1.165, 1.54) is 12.1 Å². The van der Waals surface area contributed by atoms with Crippen LogP contribution in [-0.4, -0.2) is 45.5 Å². The van der Waals surface area contributed by atoms with Crippen LogP contribution in [0.5, 0.6) is 0 Å². The molecule has 0 unspecified atom stereocenters. The summed E-state index contributed by atoms with van der Waals surface area (Å²) in [6.45, 7) is 5.87. The lowest BCUT2D eigenvalue weighted by Crippen LogP contribution is -2.36. The largest absolute Gasteiger partial charge is 0.481 e. The standard InChI is InChI=1S/C32H32F3NO5/c1-31(2,3)23-13-14-24-26(18-23)29(39)36(28(24)38)17-16-25(30(40)41)27(37)15-6-19-4-7-20(8-5-19)21-9-11-22(12-10-21)32(33,34)35/h4-5,7-14,18,25,27,37H,6,15-17H2,1-3H3,(H,40,41)/t25-,27+/m0/s1. The Kier molecular flexibility index (Phi) is 8.40. The number of hydrogen-bond donors (Lipinski definition) is 2. The van der Waals surface area contributed by atoms with E-state index in [0.717, 1.165) is 33.7 Å². The molecule has 0 saturated heterocycles. The Morgan fingerprint density at radius 2 is 1.34 bits per heavy atom. The molecule has 1 heterocycles. The minimum absolute atomic E-state index is 0.0963. The van der Waals surface area contributed by atoms with Crippen molar-refractivity contribution >= 4 is 17.8 Å². The van der Waals surface area contributed by atoms with Gasteiger partial charge in [-0.3, -0.25) is 19.3 Å². The zero-order chi connectivity index (χ0) is 30.1. The summed E-state index contributed by atoms with van der Waals surface area (Å²) < 4.78 is 38.4. The predicted octanol–water partition coefficient (Wildman–Crippen LogP) is 6.35. The highest BCUT2D eigenvalue weighted by molar-refractivity contribution is 6.21. The molecule has 41 heavy (non-hydrogen) atoms. The molecule has 2 amide bonds. The van der Waals surface area contributed by atoms with Crippen LogP contribution in [0.2, 0.25) is 0 Å². The van der Waals surface area contributed by atoms with Crippen LogP contribution < -0.4 is 0 Å². The number of halogens is 3. The Morgan fingerprint density at radius 1 is 0.805 bits per heavy atom. The van der Waals surface area contributed by atoms with E-state index < -0.39 is 41.5 Å². The first-order valence-electron chi connectivity index (χ1n) is 13.3. The fraction of sp³-hybridized carbons (Fsp3) is 0.344. The number of hydrogen-bond acceptors (Lipinski definition) is 4. The second-order valence-electron chi connectivity index (χ2n) is 11.4. The SMILES string of the molecule is CC(C)(C)c1ccc2c(c1)C(=O)N(CC[C@H](C(=O)O)[C@H](O)CCc1ccc(-c3ccc(C(F)(F)F)cc3)cc1)C2=O. The molecule has 0 saturated carbocycles. The molecule has 2 N–H and O–H groups in total. The van der Waals surface area contributed by atoms with Crippen molar-refractivity contribution in [3.63, 3.8) is 0 Å². The maximum Gasteiger partial charge on any atom is 0.416 e. The van der Waals surface area contributed by atoms with Gasteiger partial charge in [-0.2, -0.15) is 13.2 Å². The molecule has 216 valence electrons. The molecular formula is C32H32F3NO5. The van der Waals surface area contributed by atoms with Gasteiger partial charge in [-0.15, -0.1) is 0 Å². The van der Waals surface area contributed by atoms with Crippen LogP contribution in [0.1, 0.15) is 71.0 Å². The summed E-state index contributed by atoms with van der Waals surface area (Å²) in [6.07, 6.45) is -5.22. The van der Waals surface area contributed by atoms with E-state index >= 15 is 0 Å². The van der Waals surface area contributed by atoms with Gasteiger partial charge in [0, 0.05) is 6.54 Å². The molecule has 0 aromatic heterocycles. The number of imide groups is 1. The van der Waals surface area contributed by atoms with Crippen molar-refractivity contribution in [2.75, 3.05) is 6.54 Å². The van der Waals surface area contributed by atoms with Gasteiger partial charge in [0.05, 0.1) is 28.7 Å². The van der Waals surface area contributed by atoms with Crippen molar-refractivity contribution in [1.82, 2.24) is 4.90 Å². The highest BCUT2D eigenvalue weighted by Gasteiger charge is 2.38. The minimum atomic E-state index is -4.41. The van der Waals surface area contributed by atoms with Crippen LogP contribution in [-0.2, 0) is 22.8 Å². The van der Waals surface area contributed by atoms with Crippen molar-refractivity contribution in [2.45, 2.75) is 57.7 Å². The molecule has 2 atom stereocenters. The number of rotatable bonds is 9. The van der Waals surface area contributed by atoms with Crippen molar-refractivity contribution in [1.29, 1.82) is 0 Å². The lowest BCUT2D eigenvalue weighted by atomic mass is 9.85. The molecule has 1 aliphatic rings. The lowest BCUT2D eigenvalue weighted by molar-refractivity contribution is -0.146. The highest BCUT2D eigenvalue weighted by atomic mass is 19.4. The number of amides is 2. The molecule has 3 aromatic rings. The molecule has 3 aromatic carbocycles. The zero-order valence-electron chi connectivity index (χ0n) is 23.0. The normalized spacial score (nSPS) is 15.1. The van der Waals surface area contributed by atoms with E-state index in [1.807, 2.05) is 26.8 Å². The van der Waals surface area contributed by atoms with Gasteiger partial charge in [-0.25, -0.2) is 0 Å². The number of aliphatic carboxylic acids is 1. The fourth-order valence-electron chi connectivity index (χ4n) is 4.94. The number of aliphatic hydroxyl groups is 1. The van der Waals surface area contributed by atoms with E-state index in [-0.39, 0.29) is 30.4 Å². The first kappa shape index (κ1) is 30.0. The van der Waals surface area contributed by atoms with Gasteiger partial charge >= 0.3 is 12.1 Å². The number of nitrogens with zero attached hydrogens (tertiary/aromatic N) is 1. The van der Waals surface area contributed by atoms with Crippen LogP contribution in [0.25, 0.3) is 11.1 Å². The molecule has 0 radical (unpaired) electrons. The summed E-state index contributed by atoms with van der Waals surface area (Å²) in [5.74, 6) is -3.35. The number of aliphatic hydroxyl groups excluding tert-OH is 1. The van der Waals surface area contributed by atoms with Gasteiger partial charge in [-0.1, -0.05) is 63.2 Å². The number of fused-ring (bicyclic) bond motifs is 1. The Morgan fingerprint density at radius 3 is 1.88 bits per heavy atom. The zero-order valence-corrected chi connectivity index (χ0v) is 23.0. The van der Waals surface area contributed by atoms with Crippen LogP contribution in [0, 0.1) is 5.92 Å². The van der Waals surface area contributed by atoms with E-state index in [9.17, 15) is 37.8 Å². The van der Waals surface area contributed by atoms with Crippen LogP contribution >= 0.6 is 0 Å². The summed E-state index contributed by atoms with van der Waals surface area (Å²) >= 11 is 0. The molecule has 0 bridgehead atoms. The lowest BCUT2D eigenvalue weighted by Gasteiger charge is -2.22. The Balaban J connectivity index is 1.35. The average Bonchev–Trinajstić information content (AvgIpc) is 3.15. The molecule has 0 spiro atoms. The summed E-state index contributed by atoms with van der Waals surface area (Å²) in [6, 6.07) is 17.1. The molecule has 0 aliphatic carbocycles. The van der Waals surface area contributed by atoms with Gasteiger partial charge < -0.3 is 10.2 Å². The Bertz CT molecular complexity index is 1440. The summed E-state index contributed by atoms with van der Waals surface area (Å²) in [4.78, 5) is 38.9. The second kappa shape index (κ2) is 11.5. The third kappa shape index (κ3) is 6.68. The van der Waals surface area contributed by atoms with Crippen LogP contribution in [0.15, 0.2) is 66.7 Å². The van der Waals surface area contributed by atoms with Crippen molar-refractivity contribution < 1.29 is 37.8 Å². The third-order valence-corrected chi connectivity index (χ3v) is 7.51. The highest BCUT2D eigenvalue weighted by Crippen LogP contribution is 2.32. The van der Waals surface area contributed by atoms with E-state index in [0.29, 0.717) is 17.5 Å². The van der Waals surface area contributed by atoms with Gasteiger partial charge in [0.2, 0.25) is 0 Å². The molecule has 0 fully saturated rings. The number of alkyl halides is 3. The van der Waals surface area contributed by atoms with Crippen molar-refractivity contribution in [3.8, 4) is 11.1 Å². The third-order valence-electron chi connectivity index (χ3n) is 7.51. The first-order valence-corrected chi connectivity index (χ1v) is 13.3. The van der Waals surface area contributed by atoms with Crippen LogP contribution in [0.3, 0.4) is 0 Å². The van der Waals surface area contributed by atoms with Gasteiger partial charge in [0.25, 0.3) is 11.8 Å². The van der Waals surface area contributed by atoms with Crippen LogP contribution in [0.4, 0.5) is 13.2 Å². The first-order chi connectivity index (χ1) is 19.2. The Labute approximate surface area is 236 Å². The van der Waals surface area contributed by atoms with Gasteiger partial charge in [-0.05, 0) is 71.2 Å². The monoisotopic (exact) mass is 567 g/mol. The second-order valence-corrected chi connectivity index (χ2v) is 11.4. The molecule has 1 aliphatic heterocycles. The summed E-state index contributed by atoms with van der Waals surface area (Å²) in [5, 5.41) is 20.5. The summed E-state index contributed by atoms with van der Waals surface area (Å²) in [7, 11) is 0. The van der Waals surface area contributed by atoms with Gasteiger partial charge in [0.15, 0.2) is 0 Å². The minimum Gasteiger partial charge on any atom is -0.481 e. The summed E-state index contributed by atoms with van der Waals surface area (Å²) in [5.41, 5.74) is 2.72. The number of carboxylic acid groups (broad SMARTS) is 1. The maximum absolute atomic E-state index is 13.0. The molecule has 6 nitrogen and oxygen atoms in total. The fourth-order valence-corrected chi connectivity index (χ4v) is 4.94. The number of carboxylic acids is 1. The smallest absolute Gasteiger partial charge is 0.416 e. The average molecular weight is 568 g/mol. The Hall–Kier alpha value is -3.98. The quantitative estimate of drug-likeness (QED) is 0.294. The molecular weight excluding hydrogens is 535 g/mol. The topological polar surface area (TPSA) is 94.9 Å². The van der Waals surface area contributed by atoms with E-state index in [4.69, 9.17) is 0 Å². The maximum atomic E-state index is 13.0. The molecule has 4 rings (SSSR count). The predicted molar refractivity (Wildman–Crippen MR) is 147 cm³/mol.